The van der Waals surface area contributed by atoms with Gasteiger partial charge in [-0.1, -0.05) is 6.07 Å². The van der Waals surface area contributed by atoms with Crippen molar-refractivity contribution in [2.75, 3.05) is 31.7 Å². The van der Waals surface area contributed by atoms with Crippen LogP contribution in [0.15, 0.2) is 50.0 Å². The number of carbonyl (C=O) groups excluding carboxylic acids is 1. The van der Waals surface area contributed by atoms with Crippen LogP contribution in [-0.4, -0.2) is 37.2 Å². The van der Waals surface area contributed by atoms with Gasteiger partial charge in [-0.3, -0.25) is 4.79 Å². The first-order chi connectivity index (χ1) is 15.1. The zero-order valence-electron chi connectivity index (χ0n) is 17.1. The number of anilines is 1. The molecule has 2 aliphatic rings. The van der Waals surface area contributed by atoms with Crippen molar-refractivity contribution in [1.82, 2.24) is 4.90 Å². The Morgan fingerprint density at radius 1 is 1.00 bits per heavy atom. The van der Waals surface area contributed by atoms with Crippen LogP contribution < -0.4 is 20.6 Å². The number of carbonyl (C=O) groups is 1. The van der Waals surface area contributed by atoms with E-state index in [1.165, 1.54) is 5.56 Å². The van der Waals surface area contributed by atoms with E-state index in [2.05, 4.69) is 22.3 Å². The molecule has 0 unspecified atom stereocenters. The lowest BCUT2D eigenvalue weighted by Crippen LogP contribution is -2.36. The van der Waals surface area contributed by atoms with E-state index in [1.54, 1.807) is 18.2 Å². The molecule has 3 aromatic rings. The molecule has 0 aliphatic carbocycles. The Morgan fingerprint density at radius 3 is 2.68 bits per heavy atom. The molecular formula is C23H24N2O6. The molecule has 8 heteroatoms. The van der Waals surface area contributed by atoms with Gasteiger partial charge in [-0.05, 0) is 68.1 Å². The van der Waals surface area contributed by atoms with Gasteiger partial charge in [-0.15, -0.1) is 0 Å². The lowest BCUT2D eigenvalue weighted by molar-refractivity contribution is -0.116. The highest BCUT2D eigenvalue weighted by Crippen LogP contribution is 2.34. The third-order valence-corrected chi connectivity index (χ3v) is 5.94. The maximum Gasteiger partial charge on any atom is 0.519 e. The second-order valence-electron chi connectivity index (χ2n) is 8.09. The topological polar surface area (TPSA) is 94.2 Å². The number of fused-ring (bicyclic) bond motifs is 2. The molecule has 1 aromatic heterocycles. The summed E-state index contributed by atoms with van der Waals surface area (Å²) >= 11 is 0. The number of amides is 1. The lowest BCUT2D eigenvalue weighted by atomic mass is 9.90. The molecule has 5 rings (SSSR count). The van der Waals surface area contributed by atoms with Crippen molar-refractivity contribution >= 4 is 22.8 Å². The molecule has 1 N–H and O–H groups in total. The summed E-state index contributed by atoms with van der Waals surface area (Å²) in [5.41, 5.74) is 2.57. The quantitative estimate of drug-likeness (QED) is 0.648. The first-order valence-corrected chi connectivity index (χ1v) is 10.6. The number of nitrogens with zero attached hydrogens (tertiary/aromatic N) is 1. The zero-order valence-corrected chi connectivity index (χ0v) is 17.1. The number of ether oxygens (including phenoxy) is 2. The van der Waals surface area contributed by atoms with Crippen LogP contribution in [0.1, 0.15) is 24.8 Å². The van der Waals surface area contributed by atoms with Gasteiger partial charge in [0.2, 0.25) is 12.7 Å². The van der Waals surface area contributed by atoms with E-state index in [-0.39, 0.29) is 5.91 Å². The first-order valence-electron chi connectivity index (χ1n) is 10.6. The van der Waals surface area contributed by atoms with Crippen molar-refractivity contribution in [1.29, 1.82) is 0 Å². The van der Waals surface area contributed by atoms with Gasteiger partial charge < -0.3 is 28.5 Å². The molecule has 8 nitrogen and oxygen atoms in total. The van der Waals surface area contributed by atoms with Crippen molar-refractivity contribution in [3.05, 3.63) is 52.6 Å². The minimum absolute atomic E-state index is 0.0623. The maximum atomic E-state index is 12.3. The summed E-state index contributed by atoms with van der Waals surface area (Å²) < 4.78 is 20.6. The first kappa shape index (κ1) is 19.7. The molecule has 0 bridgehead atoms. The predicted molar refractivity (Wildman–Crippen MR) is 113 cm³/mol. The summed E-state index contributed by atoms with van der Waals surface area (Å²) in [6.45, 7) is 3.02. The summed E-state index contributed by atoms with van der Waals surface area (Å²) in [6, 6.07) is 11.1. The molecule has 1 fully saturated rings. The molecular weight excluding hydrogens is 400 g/mol. The van der Waals surface area contributed by atoms with Crippen molar-refractivity contribution in [2.24, 2.45) is 5.92 Å². The number of likely N-dealkylation sites (tertiary alicyclic amines) is 1. The predicted octanol–water partition coefficient (Wildman–Crippen LogP) is 3.40. The summed E-state index contributed by atoms with van der Waals surface area (Å²) in [4.78, 5) is 25.8. The highest BCUT2D eigenvalue weighted by atomic mass is 16.7. The number of piperidine rings is 1. The normalized spacial score (nSPS) is 16.6. The third kappa shape index (κ3) is 4.59. The minimum Gasteiger partial charge on any atom is -0.454 e. The van der Waals surface area contributed by atoms with Crippen molar-refractivity contribution in [2.45, 2.75) is 25.7 Å². The maximum absolute atomic E-state index is 12.3. The molecule has 1 amide bonds. The average Bonchev–Trinajstić information content (AvgIpc) is 3.38. The molecule has 3 heterocycles. The number of hydrogen-bond acceptors (Lipinski definition) is 7. The lowest BCUT2D eigenvalue weighted by Gasteiger charge is -2.31. The monoisotopic (exact) mass is 424 g/mol. The van der Waals surface area contributed by atoms with Crippen LogP contribution in [0.5, 0.6) is 11.5 Å². The second-order valence-corrected chi connectivity index (χ2v) is 8.09. The van der Waals surface area contributed by atoms with Crippen molar-refractivity contribution in [3.63, 3.8) is 0 Å². The van der Waals surface area contributed by atoms with Crippen LogP contribution in [0, 0.1) is 5.92 Å². The molecule has 1 saturated heterocycles. The Labute approximate surface area is 178 Å². The van der Waals surface area contributed by atoms with Crippen molar-refractivity contribution < 1.29 is 23.1 Å². The van der Waals surface area contributed by atoms with E-state index in [0.717, 1.165) is 50.4 Å². The fraction of sp³-hybridized carbons (Fsp3) is 0.391. The summed E-state index contributed by atoms with van der Waals surface area (Å²) in [6.07, 6.45) is 3.69. The average molecular weight is 424 g/mol. The van der Waals surface area contributed by atoms with E-state index in [9.17, 15) is 9.59 Å². The van der Waals surface area contributed by atoms with Gasteiger partial charge in [0.1, 0.15) is 0 Å². The molecule has 0 spiro atoms. The van der Waals surface area contributed by atoms with E-state index in [4.69, 9.17) is 18.3 Å². The largest absolute Gasteiger partial charge is 0.519 e. The van der Waals surface area contributed by atoms with Gasteiger partial charge in [0.25, 0.3) is 0 Å². The summed E-state index contributed by atoms with van der Waals surface area (Å²) in [5.74, 6) is 1.50. The molecule has 2 aromatic carbocycles. The zero-order chi connectivity index (χ0) is 21.2. The van der Waals surface area contributed by atoms with Crippen LogP contribution in [0.3, 0.4) is 0 Å². The van der Waals surface area contributed by atoms with Crippen LogP contribution >= 0.6 is 0 Å². The molecule has 0 radical (unpaired) electrons. The fourth-order valence-electron chi connectivity index (χ4n) is 4.25. The highest BCUT2D eigenvalue weighted by Gasteiger charge is 2.21. The summed E-state index contributed by atoms with van der Waals surface area (Å²) in [7, 11) is 0. The standard InChI is InChI=1S/C23H24N2O6/c26-22(24-17-2-4-19-21(13-17)31-23(27)30-19)7-10-25-8-5-15(6-9-25)11-16-1-3-18-20(12-16)29-14-28-18/h1-4,12-13,15H,5-11,14H2,(H,24,26). The van der Waals surface area contributed by atoms with Gasteiger partial charge in [0.05, 0.1) is 0 Å². The van der Waals surface area contributed by atoms with Gasteiger partial charge >= 0.3 is 5.82 Å². The minimum atomic E-state index is -0.750. The van der Waals surface area contributed by atoms with Gasteiger partial charge in [-0.2, -0.15) is 0 Å². The van der Waals surface area contributed by atoms with E-state index < -0.39 is 5.82 Å². The van der Waals surface area contributed by atoms with Gasteiger partial charge in [0.15, 0.2) is 22.7 Å². The van der Waals surface area contributed by atoms with Gasteiger partial charge in [0, 0.05) is 24.7 Å². The Balaban J connectivity index is 1.06. The number of hydrogen-bond donors (Lipinski definition) is 1. The molecule has 0 saturated carbocycles. The number of nitrogens with one attached hydrogen (secondary N) is 1. The Hall–Kier alpha value is -3.26. The smallest absolute Gasteiger partial charge is 0.454 e. The second kappa shape index (κ2) is 8.47. The van der Waals surface area contributed by atoms with E-state index in [1.807, 2.05) is 6.07 Å². The highest BCUT2D eigenvalue weighted by molar-refractivity contribution is 5.92. The van der Waals surface area contributed by atoms with Crippen molar-refractivity contribution in [3.8, 4) is 11.5 Å². The molecule has 162 valence electrons. The van der Waals surface area contributed by atoms with E-state index >= 15 is 0 Å². The number of rotatable bonds is 6. The van der Waals surface area contributed by atoms with Gasteiger partial charge in [-0.25, -0.2) is 4.79 Å². The molecule has 0 atom stereocenters. The van der Waals surface area contributed by atoms with E-state index in [0.29, 0.717) is 36.0 Å². The Kier molecular flexibility index (Phi) is 5.38. The Morgan fingerprint density at radius 2 is 1.81 bits per heavy atom. The fourth-order valence-corrected chi connectivity index (χ4v) is 4.25. The van der Waals surface area contributed by atoms with Crippen LogP contribution in [0.25, 0.3) is 11.2 Å². The van der Waals surface area contributed by atoms with Crippen LogP contribution in [0.4, 0.5) is 5.69 Å². The SMILES string of the molecule is O=C(CCN1CCC(Cc2ccc3c(c2)OCO3)CC1)Nc1ccc2oc(=O)oc2c1. The number of benzene rings is 2. The van der Waals surface area contributed by atoms with Crippen LogP contribution in [0.2, 0.25) is 0 Å². The third-order valence-electron chi connectivity index (χ3n) is 5.94. The Bertz CT molecular complexity index is 1140. The summed E-state index contributed by atoms with van der Waals surface area (Å²) in [5, 5.41) is 2.85. The molecule has 31 heavy (non-hydrogen) atoms. The molecule has 2 aliphatic heterocycles. The van der Waals surface area contributed by atoms with Crippen LogP contribution in [-0.2, 0) is 11.2 Å².